The molecule has 2 aromatic rings. The number of nitrogens with zero attached hydrogens (tertiary/aromatic N) is 5. The predicted octanol–water partition coefficient (Wildman–Crippen LogP) is 2.59. The SMILES string of the molecule is CCc1nn(CC)c(CSc2nnc(CN)n2CC)c1Br. The van der Waals surface area contributed by atoms with Crippen molar-refractivity contribution >= 4 is 27.7 Å². The van der Waals surface area contributed by atoms with Crippen LogP contribution in [0.4, 0.5) is 0 Å². The van der Waals surface area contributed by atoms with Crippen molar-refractivity contribution in [3.8, 4) is 0 Å². The van der Waals surface area contributed by atoms with Gasteiger partial charge in [-0.05, 0) is 36.2 Å². The van der Waals surface area contributed by atoms with Gasteiger partial charge in [0.25, 0.3) is 0 Å². The van der Waals surface area contributed by atoms with Crippen LogP contribution in [-0.4, -0.2) is 24.5 Å². The Morgan fingerprint density at radius 3 is 2.52 bits per heavy atom. The van der Waals surface area contributed by atoms with Crippen LogP contribution < -0.4 is 5.73 Å². The quantitative estimate of drug-likeness (QED) is 0.755. The highest BCUT2D eigenvalue weighted by molar-refractivity contribution is 9.10. The molecule has 0 aliphatic rings. The van der Waals surface area contributed by atoms with Gasteiger partial charge >= 0.3 is 0 Å². The third kappa shape index (κ3) is 3.32. The van der Waals surface area contributed by atoms with E-state index in [1.54, 1.807) is 11.8 Å². The normalized spacial score (nSPS) is 11.3. The third-order valence-electron chi connectivity index (χ3n) is 3.32. The first-order valence-corrected chi connectivity index (χ1v) is 8.92. The molecule has 0 aromatic carbocycles. The van der Waals surface area contributed by atoms with E-state index in [0.29, 0.717) is 6.54 Å². The van der Waals surface area contributed by atoms with Crippen molar-refractivity contribution in [2.24, 2.45) is 5.73 Å². The summed E-state index contributed by atoms with van der Waals surface area (Å²) in [5.74, 6) is 1.64. The Balaban J connectivity index is 2.20. The van der Waals surface area contributed by atoms with E-state index in [-0.39, 0.29) is 0 Å². The monoisotopic (exact) mass is 372 g/mol. The van der Waals surface area contributed by atoms with Gasteiger partial charge in [0.15, 0.2) is 5.16 Å². The van der Waals surface area contributed by atoms with Crippen LogP contribution in [-0.2, 0) is 31.8 Å². The summed E-state index contributed by atoms with van der Waals surface area (Å²) in [5.41, 5.74) is 7.98. The summed E-state index contributed by atoms with van der Waals surface area (Å²) in [5, 5.41) is 13.9. The lowest BCUT2D eigenvalue weighted by atomic mass is 10.3. The van der Waals surface area contributed by atoms with Crippen LogP contribution in [0, 0.1) is 0 Å². The van der Waals surface area contributed by atoms with Crippen molar-refractivity contribution in [1.82, 2.24) is 24.5 Å². The molecule has 116 valence electrons. The van der Waals surface area contributed by atoms with Crippen molar-refractivity contribution in [2.45, 2.75) is 57.7 Å². The molecular weight excluding hydrogens is 352 g/mol. The van der Waals surface area contributed by atoms with Gasteiger partial charge in [0.2, 0.25) is 0 Å². The van der Waals surface area contributed by atoms with Gasteiger partial charge in [0, 0.05) is 18.8 Å². The van der Waals surface area contributed by atoms with Gasteiger partial charge in [-0.1, -0.05) is 18.7 Å². The van der Waals surface area contributed by atoms with Gasteiger partial charge < -0.3 is 10.3 Å². The standard InChI is InChI=1S/C13H21BrN6S/c1-4-9-12(14)10(20(6-3)18-9)8-21-13-17-16-11(7-15)19(13)5-2/h4-8,15H2,1-3H3. The van der Waals surface area contributed by atoms with Crippen LogP contribution >= 0.6 is 27.7 Å². The number of halogens is 1. The highest BCUT2D eigenvalue weighted by atomic mass is 79.9. The topological polar surface area (TPSA) is 74.6 Å². The van der Waals surface area contributed by atoms with Crippen LogP contribution in [0.15, 0.2) is 9.63 Å². The lowest BCUT2D eigenvalue weighted by Gasteiger charge is -2.07. The number of rotatable bonds is 7. The molecule has 21 heavy (non-hydrogen) atoms. The van der Waals surface area contributed by atoms with E-state index in [4.69, 9.17) is 5.73 Å². The summed E-state index contributed by atoms with van der Waals surface area (Å²) in [6.07, 6.45) is 0.924. The molecule has 0 bridgehead atoms. The van der Waals surface area contributed by atoms with Crippen LogP contribution in [0.1, 0.15) is 38.0 Å². The van der Waals surface area contributed by atoms with Gasteiger partial charge in [-0.2, -0.15) is 5.10 Å². The second kappa shape index (κ2) is 7.42. The van der Waals surface area contributed by atoms with Crippen molar-refractivity contribution < 1.29 is 0 Å². The number of thioether (sulfide) groups is 1. The molecule has 0 fully saturated rings. The molecule has 2 N–H and O–H groups in total. The Bertz CT molecular complexity index is 606. The van der Waals surface area contributed by atoms with Crippen molar-refractivity contribution in [2.75, 3.05) is 0 Å². The number of aromatic nitrogens is 5. The molecule has 0 saturated heterocycles. The molecule has 0 radical (unpaired) electrons. The number of hydrogen-bond donors (Lipinski definition) is 1. The molecule has 2 heterocycles. The summed E-state index contributed by atoms with van der Waals surface area (Å²) in [7, 11) is 0. The van der Waals surface area contributed by atoms with Crippen molar-refractivity contribution in [3.05, 3.63) is 21.7 Å². The van der Waals surface area contributed by atoms with Crippen molar-refractivity contribution in [3.63, 3.8) is 0 Å². The zero-order valence-electron chi connectivity index (χ0n) is 12.6. The molecule has 2 aromatic heterocycles. The number of hydrogen-bond acceptors (Lipinski definition) is 5. The summed E-state index contributed by atoms with van der Waals surface area (Å²) >= 11 is 5.34. The Kier molecular flexibility index (Phi) is 5.83. The second-order valence-corrected chi connectivity index (χ2v) is 6.25. The second-order valence-electron chi connectivity index (χ2n) is 4.51. The maximum absolute atomic E-state index is 5.68. The lowest BCUT2D eigenvalue weighted by Crippen LogP contribution is -2.08. The highest BCUT2D eigenvalue weighted by Gasteiger charge is 2.16. The maximum Gasteiger partial charge on any atom is 0.191 e. The molecular formula is C13H21BrN6S. The van der Waals surface area contributed by atoms with E-state index in [0.717, 1.165) is 46.4 Å². The van der Waals surface area contributed by atoms with Gasteiger partial charge in [-0.25, -0.2) is 0 Å². The minimum atomic E-state index is 0.415. The van der Waals surface area contributed by atoms with Crippen LogP contribution in [0.2, 0.25) is 0 Å². The van der Waals surface area contributed by atoms with E-state index in [1.807, 2.05) is 4.68 Å². The molecule has 0 saturated carbocycles. The number of nitrogens with two attached hydrogens (primary N) is 1. The zero-order valence-corrected chi connectivity index (χ0v) is 15.0. The summed E-state index contributed by atoms with van der Waals surface area (Å²) in [4.78, 5) is 0. The van der Waals surface area contributed by atoms with E-state index >= 15 is 0 Å². The molecule has 0 aliphatic carbocycles. The molecule has 0 unspecified atom stereocenters. The van der Waals surface area contributed by atoms with Crippen molar-refractivity contribution in [1.29, 1.82) is 0 Å². The summed E-state index contributed by atoms with van der Waals surface area (Å²) in [6, 6.07) is 0. The number of aryl methyl sites for hydroxylation is 2. The van der Waals surface area contributed by atoms with Gasteiger partial charge in [-0.15, -0.1) is 10.2 Å². The van der Waals surface area contributed by atoms with E-state index < -0.39 is 0 Å². The molecule has 8 heteroatoms. The summed E-state index contributed by atoms with van der Waals surface area (Å²) in [6.45, 7) is 8.41. The Labute approximate surface area is 137 Å². The van der Waals surface area contributed by atoms with Crippen LogP contribution in [0.25, 0.3) is 0 Å². The highest BCUT2D eigenvalue weighted by Crippen LogP contribution is 2.29. The fourth-order valence-corrected chi connectivity index (χ4v) is 4.12. The van der Waals surface area contributed by atoms with Gasteiger partial charge in [0.1, 0.15) is 5.82 Å². The largest absolute Gasteiger partial charge is 0.324 e. The minimum Gasteiger partial charge on any atom is -0.324 e. The average Bonchev–Trinajstić information content (AvgIpc) is 3.04. The minimum absolute atomic E-state index is 0.415. The Morgan fingerprint density at radius 1 is 1.19 bits per heavy atom. The van der Waals surface area contributed by atoms with Gasteiger partial charge in [-0.3, -0.25) is 4.68 Å². The molecule has 0 aliphatic heterocycles. The third-order valence-corrected chi connectivity index (χ3v) is 5.22. The zero-order chi connectivity index (χ0) is 15.4. The fraction of sp³-hybridized carbons (Fsp3) is 0.615. The lowest BCUT2D eigenvalue weighted by molar-refractivity contribution is 0.625. The molecule has 0 spiro atoms. The maximum atomic E-state index is 5.68. The molecule has 2 rings (SSSR count). The van der Waals surface area contributed by atoms with Gasteiger partial charge in [0.05, 0.1) is 22.4 Å². The van der Waals surface area contributed by atoms with Crippen LogP contribution in [0.3, 0.4) is 0 Å². The smallest absolute Gasteiger partial charge is 0.191 e. The summed E-state index contributed by atoms with van der Waals surface area (Å²) < 4.78 is 5.22. The first kappa shape index (κ1) is 16.5. The average molecular weight is 373 g/mol. The predicted molar refractivity (Wildman–Crippen MR) is 88.1 cm³/mol. The molecule has 0 atom stereocenters. The van der Waals surface area contributed by atoms with Crippen LogP contribution in [0.5, 0.6) is 0 Å². The Hall–Kier alpha value is -0.860. The molecule has 0 amide bonds. The fourth-order valence-electron chi connectivity index (χ4n) is 2.18. The van der Waals surface area contributed by atoms with E-state index in [1.165, 1.54) is 5.69 Å². The molecule has 6 nitrogen and oxygen atoms in total. The first-order valence-electron chi connectivity index (χ1n) is 7.15. The van der Waals surface area contributed by atoms with E-state index in [2.05, 4.69) is 56.6 Å². The Morgan fingerprint density at radius 2 is 1.95 bits per heavy atom. The van der Waals surface area contributed by atoms with E-state index in [9.17, 15) is 0 Å². The first-order chi connectivity index (χ1) is 10.2.